The fraction of sp³-hybridized carbons (Fsp3) is 0.667. The number of rotatable bonds is 2. The van der Waals surface area contributed by atoms with E-state index in [4.69, 9.17) is 16.6 Å². The standard InChI is InChI=1S/C15H21ClN2/c1-10-6-11(2)17-15(14(10)7-16)18-8-12-4-3-5-13(12)9-18/h6,12-13H,3-5,7-9H2,1-2H3. The van der Waals surface area contributed by atoms with E-state index in [0.717, 1.165) is 23.3 Å². The Balaban J connectivity index is 1.92. The van der Waals surface area contributed by atoms with E-state index in [0.29, 0.717) is 5.88 Å². The van der Waals surface area contributed by atoms with Crippen LogP contribution >= 0.6 is 11.6 Å². The summed E-state index contributed by atoms with van der Waals surface area (Å²) in [7, 11) is 0. The maximum absolute atomic E-state index is 6.12. The lowest BCUT2D eigenvalue weighted by Gasteiger charge is -2.22. The van der Waals surface area contributed by atoms with Crippen LogP contribution in [0.1, 0.15) is 36.1 Å². The van der Waals surface area contributed by atoms with Gasteiger partial charge in [0.05, 0.1) is 5.88 Å². The first-order valence-corrected chi connectivity index (χ1v) is 7.50. The van der Waals surface area contributed by atoms with Gasteiger partial charge in [0.1, 0.15) is 5.82 Å². The summed E-state index contributed by atoms with van der Waals surface area (Å²) in [6.45, 7) is 6.59. The quantitative estimate of drug-likeness (QED) is 0.758. The molecule has 1 aromatic heterocycles. The molecule has 0 amide bonds. The van der Waals surface area contributed by atoms with Gasteiger partial charge in [-0.3, -0.25) is 0 Å². The Morgan fingerprint density at radius 3 is 2.56 bits per heavy atom. The third kappa shape index (κ3) is 2.01. The van der Waals surface area contributed by atoms with Crippen molar-refractivity contribution in [2.75, 3.05) is 18.0 Å². The molecule has 18 heavy (non-hydrogen) atoms. The van der Waals surface area contributed by atoms with Gasteiger partial charge in [0.25, 0.3) is 0 Å². The van der Waals surface area contributed by atoms with Crippen molar-refractivity contribution >= 4 is 17.4 Å². The third-order valence-corrected chi connectivity index (χ3v) is 4.88. The summed E-state index contributed by atoms with van der Waals surface area (Å²) in [4.78, 5) is 7.23. The molecule has 2 unspecified atom stereocenters. The van der Waals surface area contributed by atoms with Gasteiger partial charge in [-0.15, -0.1) is 11.6 Å². The molecule has 2 nitrogen and oxygen atoms in total. The zero-order valence-corrected chi connectivity index (χ0v) is 12.0. The summed E-state index contributed by atoms with van der Waals surface area (Å²) in [6.07, 6.45) is 4.23. The molecule has 3 rings (SSSR count). The van der Waals surface area contributed by atoms with E-state index in [1.54, 1.807) is 0 Å². The van der Waals surface area contributed by atoms with Crippen molar-refractivity contribution in [3.8, 4) is 0 Å². The fourth-order valence-electron chi connectivity index (χ4n) is 3.68. The van der Waals surface area contributed by atoms with Crippen LogP contribution in [0.15, 0.2) is 6.07 Å². The molecule has 1 saturated carbocycles. The minimum Gasteiger partial charge on any atom is -0.356 e. The molecule has 2 aliphatic rings. The minimum absolute atomic E-state index is 0.570. The van der Waals surface area contributed by atoms with Gasteiger partial charge < -0.3 is 4.90 Å². The molecule has 1 aliphatic carbocycles. The van der Waals surface area contributed by atoms with E-state index in [1.807, 2.05) is 0 Å². The van der Waals surface area contributed by atoms with E-state index in [-0.39, 0.29) is 0 Å². The van der Waals surface area contributed by atoms with Gasteiger partial charge in [0.2, 0.25) is 0 Å². The second-order valence-electron chi connectivity index (χ2n) is 5.87. The number of hydrogen-bond acceptors (Lipinski definition) is 2. The Morgan fingerprint density at radius 1 is 1.28 bits per heavy atom. The molecule has 0 spiro atoms. The van der Waals surface area contributed by atoms with Crippen LogP contribution in [0.2, 0.25) is 0 Å². The minimum atomic E-state index is 0.570. The Bertz CT molecular complexity index is 446. The number of pyridine rings is 1. The Morgan fingerprint density at radius 2 is 1.94 bits per heavy atom. The van der Waals surface area contributed by atoms with E-state index in [9.17, 15) is 0 Å². The summed E-state index contributed by atoms with van der Waals surface area (Å²) in [6, 6.07) is 2.14. The zero-order chi connectivity index (χ0) is 12.7. The fourth-order valence-corrected chi connectivity index (χ4v) is 4.01. The van der Waals surface area contributed by atoms with E-state index in [2.05, 4.69) is 24.8 Å². The van der Waals surface area contributed by atoms with Gasteiger partial charge in [0.15, 0.2) is 0 Å². The van der Waals surface area contributed by atoms with Crippen LogP contribution in [0.5, 0.6) is 0 Å². The molecule has 0 bridgehead atoms. The molecule has 1 saturated heterocycles. The number of aryl methyl sites for hydroxylation is 2. The van der Waals surface area contributed by atoms with E-state index >= 15 is 0 Å². The third-order valence-electron chi connectivity index (χ3n) is 4.61. The molecule has 3 heteroatoms. The Labute approximate surface area is 114 Å². The van der Waals surface area contributed by atoms with Crippen molar-refractivity contribution in [3.05, 3.63) is 22.9 Å². The highest BCUT2D eigenvalue weighted by atomic mass is 35.5. The van der Waals surface area contributed by atoms with Gasteiger partial charge in [-0.25, -0.2) is 4.98 Å². The highest BCUT2D eigenvalue weighted by Gasteiger charge is 2.37. The summed E-state index contributed by atoms with van der Waals surface area (Å²) < 4.78 is 0. The van der Waals surface area contributed by atoms with Crippen LogP contribution in [-0.2, 0) is 5.88 Å². The van der Waals surface area contributed by atoms with Gasteiger partial charge in [-0.05, 0) is 50.2 Å². The summed E-state index contributed by atoms with van der Waals surface area (Å²) in [5, 5.41) is 0. The average molecular weight is 265 g/mol. The van der Waals surface area contributed by atoms with Crippen molar-refractivity contribution < 1.29 is 0 Å². The highest BCUT2D eigenvalue weighted by Crippen LogP contribution is 2.40. The molecule has 0 aromatic carbocycles. The molecular formula is C15H21ClN2. The second kappa shape index (κ2) is 4.73. The van der Waals surface area contributed by atoms with Crippen LogP contribution in [0, 0.1) is 25.7 Å². The van der Waals surface area contributed by atoms with Crippen molar-refractivity contribution in [1.29, 1.82) is 0 Å². The number of aromatic nitrogens is 1. The SMILES string of the molecule is Cc1cc(C)c(CCl)c(N2CC3CCCC3C2)n1. The smallest absolute Gasteiger partial charge is 0.133 e. The number of nitrogens with zero attached hydrogens (tertiary/aromatic N) is 2. The maximum Gasteiger partial charge on any atom is 0.133 e. The maximum atomic E-state index is 6.12. The van der Waals surface area contributed by atoms with Crippen LogP contribution in [0.4, 0.5) is 5.82 Å². The molecule has 0 radical (unpaired) electrons. The van der Waals surface area contributed by atoms with E-state index in [1.165, 1.54) is 43.5 Å². The molecular weight excluding hydrogens is 244 g/mol. The van der Waals surface area contributed by atoms with Crippen molar-refractivity contribution in [2.45, 2.75) is 39.0 Å². The molecule has 98 valence electrons. The normalized spacial score (nSPS) is 26.7. The molecule has 1 aliphatic heterocycles. The zero-order valence-electron chi connectivity index (χ0n) is 11.2. The van der Waals surface area contributed by atoms with Crippen molar-refractivity contribution in [1.82, 2.24) is 4.98 Å². The lowest BCUT2D eigenvalue weighted by molar-refractivity contribution is 0.494. The number of anilines is 1. The van der Waals surface area contributed by atoms with Gasteiger partial charge in [-0.1, -0.05) is 6.42 Å². The van der Waals surface area contributed by atoms with Gasteiger partial charge in [-0.2, -0.15) is 0 Å². The Kier molecular flexibility index (Phi) is 3.23. The first-order chi connectivity index (χ1) is 8.69. The first kappa shape index (κ1) is 12.3. The van der Waals surface area contributed by atoms with Crippen LogP contribution in [0.3, 0.4) is 0 Å². The summed E-state index contributed by atoms with van der Waals surface area (Å²) >= 11 is 6.12. The molecule has 2 fully saturated rings. The second-order valence-corrected chi connectivity index (χ2v) is 6.14. The van der Waals surface area contributed by atoms with E-state index < -0.39 is 0 Å². The number of alkyl halides is 1. The molecule has 1 aromatic rings. The predicted octanol–water partition coefficient (Wildman–Crippen LogP) is 3.67. The summed E-state index contributed by atoms with van der Waals surface area (Å²) in [5.41, 5.74) is 3.61. The van der Waals surface area contributed by atoms with Crippen LogP contribution < -0.4 is 4.90 Å². The largest absolute Gasteiger partial charge is 0.356 e. The predicted molar refractivity (Wildman–Crippen MR) is 76.3 cm³/mol. The number of fused-ring (bicyclic) bond motifs is 1. The molecule has 2 heterocycles. The van der Waals surface area contributed by atoms with Crippen molar-refractivity contribution in [3.63, 3.8) is 0 Å². The molecule has 2 atom stereocenters. The highest BCUT2D eigenvalue weighted by molar-refractivity contribution is 6.17. The Hall–Kier alpha value is -0.760. The van der Waals surface area contributed by atoms with Gasteiger partial charge >= 0.3 is 0 Å². The number of halogens is 1. The van der Waals surface area contributed by atoms with Crippen LogP contribution in [-0.4, -0.2) is 18.1 Å². The first-order valence-electron chi connectivity index (χ1n) is 6.97. The summed E-state index contributed by atoms with van der Waals surface area (Å²) in [5.74, 6) is 3.52. The monoisotopic (exact) mass is 264 g/mol. The van der Waals surface area contributed by atoms with Gasteiger partial charge in [0, 0.05) is 24.3 Å². The topological polar surface area (TPSA) is 16.1 Å². The lowest BCUT2D eigenvalue weighted by atomic mass is 10.0. The van der Waals surface area contributed by atoms with Crippen molar-refractivity contribution in [2.24, 2.45) is 11.8 Å². The molecule has 0 N–H and O–H groups in total. The van der Waals surface area contributed by atoms with Crippen LogP contribution in [0.25, 0.3) is 0 Å². The average Bonchev–Trinajstić information content (AvgIpc) is 2.87. The lowest BCUT2D eigenvalue weighted by Crippen LogP contribution is -2.24. The number of hydrogen-bond donors (Lipinski definition) is 0.